The summed E-state index contributed by atoms with van der Waals surface area (Å²) >= 11 is 6.22. The smallest absolute Gasteiger partial charge is 0.870 e. The van der Waals surface area contributed by atoms with Gasteiger partial charge in [0.05, 0.1) is 21.2 Å². The van der Waals surface area contributed by atoms with Crippen molar-refractivity contribution in [2.24, 2.45) is 10.2 Å². The Balaban J connectivity index is 0.00000323. The number of halogens is 1. The van der Waals surface area contributed by atoms with Gasteiger partial charge in [-0.3, -0.25) is 0 Å². The number of aryl methyl sites for hydroxylation is 1. The molecule has 225 valence electrons. The molecule has 2 N–H and O–H groups in total. The number of hydrogen-bond acceptors (Lipinski definition) is 15. The van der Waals surface area contributed by atoms with E-state index in [4.69, 9.17) is 11.6 Å². The first-order valence-electron chi connectivity index (χ1n) is 10.8. The standard InChI is InChI=1S/C22H18ClN5O10S3.Cu.2Na/c1-10-18(23)21(26-22(24-10)39(2,31)32)25-14-9-12(40(33,34)35)7-11-8-16(41(36,37)38)19(20(30)17(11)14)28-27-13-5-3-4-6-15(13)29;;;/h3-9,29-30H,1-2H3,(H,24,25,26)(H,33,34,35)(H,36,37,38);;;/q;+2;2*+1/p-3. The molecule has 1 heterocycles. The van der Waals surface area contributed by atoms with Gasteiger partial charge in [0.25, 0.3) is 0 Å². The normalized spacial score (nSPS) is 11.8. The number of anilines is 2. The van der Waals surface area contributed by atoms with E-state index in [-0.39, 0.29) is 98.3 Å². The van der Waals surface area contributed by atoms with Crippen LogP contribution in [0.3, 0.4) is 0 Å². The van der Waals surface area contributed by atoms with Gasteiger partial charge in [0, 0.05) is 11.9 Å². The van der Waals surface area contributed by atoms with E-state index >= 15 is 0 Å². The number of para-hydroxylation sites is 1. The molecule has 44 heavy (non-hydrogen) atoms. The van der Waals surface area contributed by atoms with Gasteiger partial charge in [-0.15, -0.1) is 10.2 Å². The molecule has 0 saturated heterocycles. The number of hydrogen-bond donors (Lipinski definition) is 2. The largest absolute Gasteiger partial charge is 2.00 e. The second-order valence-electron chi connectivity index (χ2n) is 8.37. The van der Waals surface area contributed by atoms with E-state index in [2.05, 4.69) is 25.5 Å². The second-order valence-corrected chi connectivity index (χ2v) is 13.4. The molecule has 0 amide bonds. The number of aromatic nitrogens is 2. The van der Waals surface area contributed by atoms with Gasteiger partial charge in [0.15, 0.2) is 5.82 Å². The van der Waals surface area contributed by atoms with Gasteiger partial charge >= 0.3 is 76.2 Å². The number of azo groups is 1. The van der Waals surface area contributed by atoms with E-state index in [9.17, 15) is 44.6 Å². The first kappa shape index (κ1) is 40.6. The predicted octanol–water partition coefficient (Wildman–Crippen LogP) is -3.25. The van der Waals surface area contributed by atoms with Crippen LogP contribution in [-0.4, -0.2) is 55.7 Å². The maximum absolute atomic E-state index is 13.6. The zero-order chi connectivity index (χ0) is 30.5. The summed E-state index contributed by atoms with van der Waals surface area (Å²) in [6, 6.07) is 7.38. The third-order valence-corrected chi connectivity index (χ3v) is 8.34. The molecule has 4 rings (SSSR count). The van der Waals surface area contributed by atoms with E-state index < -0.39 is 78.7 Å². The number of benzene rings is 3. The van der Waals surface area contributed by atoms with Crippen molar-refractivity contribution in [3.8, 4) is 11.5 Å². The molecule has 1 radical (unpaired) electrons. The summed E-state index contributed by atoms with van der Waals surface area (Å²) in [7, 11) is -14.7. The summed E-state index contributed by atoms with van der Waals surface area (Å²) in [5, 5.41) is 31.4. The first-order valence-corrected chi connectivity index (χ1v) is 15.9. The number of rotatable bonds is 7. The number of nitrogens with one attached hydrogen (secondary N) is 1. The molecule has 0 unspecified atom stereocenters. The number of sulfone groups is 1. The van der Waals surface area contributed by atoms with Crippen LogP contribution in [0.25, 0.3) is 10.8 Å². The van der Waals surface area contributed by atoms with Crippen LogP contribution in [0.1, 0.15) is 5.69 Å². The monoisotopic (exact) mass is 749 g/mol. The third-order valence-electron chi connectivity index (χ3n) is 5.38. The maximum Gasteiger partial charge on any atom is 2.00 e. The SMILES string of the molecule is Cc1nc(S(C)(=O)=O)nc(Nc2cc(S(=O)(=O)[O-])cc3cc(S(=O)(=O)[O-])c(N=Nc4ccccc4O)c([O-])c23)c1Cl.[Cu+2].[Na+].[Na+]. The average Bonchev–Trinajstić information content (AvgIpc) is 2.84. The fraction of sp³-hybridized carbons (Fsp3) is 0.0909. The fourth-order valence-electron chi connectivity index (χ4n) is 3.53. The van der Waals surface area contributed by atoms with Gasteiger partial charge in [-0.05, 0) is 48.0 Å². The third kappa shape index (κ3) is 8.89. The Morgan fingerprint density at radius 1 is 0.932 bits per heavy atom. The number of aromatic hydroxyl groups is 1. The number of nitrogens with zero attached hydrogens (tertiary/aromatic N) is 4. The summed E-state index contributed by atoms with van der Waals surface area (Å²) in [5.41, 5.74) is -1.71. The number of phenols is 1. The summed E-state index contributed by atoms with van der Waals surface area (Å²) in [6.45, 7) is 1.34. The van der Waals surface area contributed by atoms with Gasteiger partial charge in [-0.1, -0.05) is 29.5 Å². The molecule has 0 bridgehead atoms. The molecule has 0 atom stereocenters. The van der Waals surface area contributed by atoms with Gasteiger partial charge < -0.3 is 24.6 Å². The van der Waals surface area contributed by atoms with Crippen LogP contribution in [-0.2, 0) is 47.1 Å². The van der Waals surface area contributed by atoms with Gasteiger partial charge in [-0.25, -0.2) is 30.2 Å². The van der Waals surface area contributed by atoms with E-state index in [0.29, 0.717) is 18.2 Å². The van der Waals surface area contributed by atoms with E-state index in [1.807, 2.05) is 0 Å². The van der Waals surface area contributed by atoms with Crippen molar-refractivity contribution in [1.29, 1.82) is 0 Å². The van der Waals surface area contributed by atoms with Crippen molar-refractivity contribution in [2.75, 3.05) is 11.6 Å². The molecule has 22 heteroatoms. The molecule has 0 spiro atoms. The number of fused-ring (bicyclic) bond motifs is 1. The predicted molar refractivity (Wildman–Crippen MR) is 140 cm³/mol. The Hall–Kier alpha value is -1.42. The summed E-state index contributed by atoms with van der Waals surface area (Å²) in [6.07, 6.45) is 0.807. The molecule has 0 aliphatic rings. The van der Waals surface area contributed by atoms with Gasteiger partial charge in [-0.2, -0.15) is 4.98 Å². The Morgan fingerprint density at radius 3 is 2.09 bits per heavy atom. The van der Waals surface area contributed by atoms with Crippen LogP contribution in [0.2, 0.25) is 5.02 Å². The van der Waals surface area contributed by atoms with E-state index in [1.54, 1.807) is 0 Å². The number of phenolic OH excluding ortho intramolecular Hbond substituents is 1. The Morgan fingerprint density at radius 2 is 1.55 bits per heavy atom. The average molecular weight is 751 g/mol. The van der Waals surface area contributed by atoms with Crippen LogP contribution in [0, 0.1) is 6.92 Å². The zero-order valence-corrected chi connectivity index (χ0v) is 31.0. The van der Waals surface area contributed by atoms with Crippen LogP contribution in [0.15, 0.2) is 67.6 Å². The minimum Gasteiger partial charge on any atom is -0.870 e. The molecular formula is C22H15ClCuN5Na2O10S3+. The molecule has 1 aromatic heterocycles. The van der Waals surface area contributed by atoms with Crippen molar-refractivity contribution in [3.05, 3.63) is 53.2 Å². The van der Waals surface area contributed by atoms with Crippen molar-refractivity contribution < 1.29 is 121 Å². The van der Waals surface area contributed by atoms with Crippen LogP contribution < -0.4 is 69.5 Å². The van der Waals surface area contributed by atoms with Crippen molar-refractivity contribution in [2.45, 2.75) is 21.9 Å². The quantitative estimate of drug-likeness (QED) is 0.0816. The zero-order valence-electron chi connectivity index (χ0n) is 22.9. The van der Waals surface area contributed by atoms with Crippen LogP contribution in [0.4, 0.5) is 22.9 Å². The van der Waals surface area contributed by atoms with Crippen LogP contribution >= 0.6 is 11.6 Å². The molecule has 4 aromatic rings. The summed E-state index contributed by atoms with van der Waals surface area (Å²) < 4.78 is 95.9. The molecule has 0 aliphatic carbocycles. The maximum atomic E-state index is 13.6. The first-order chi connectivity index (χ1) is 18.9. The van der Waals surface area contributed by atoms with Gasteiger partial charge in [0.1, 0.15) is 36.7 Å². The molecular weight excluding hydrogens is 735 g/mol. The summed E-state index contributed by atoms with van der Waals surface area (Å²) in [4.78, 5) is 5.43. The topological polar surface area (TPSA) is 254 Å². The minimum absolute atomic E-state index is 0. The minimum atomic E-state index is -5.44. The summed E-state index contributed by atoms with van der Waals surface area (Å²) in [5.74, 6) is -2.07. The molecule has 15 nitrogen and oxygen atoms in total. The van der Waals surface area contributed by atoms with E-state index in [0.717, 1.165) is 6.26 Å². The Bertz CT molecular complexity index is 2120. The molecule has 0 fully saturated rings. The molecule has 3 aromatic carbocycles. The van der Waals surface area contributed by atoms with Crippen LogP contribution in [0.5, 0.6) is 11.5 Å². The second kappa shape index (κ2) is 15.0. The fourth-order valence-corrected chi connectivity index (χ4v) is 5.40. The van der Waals surface area contributed by atoms with Crippen molar-refractivity contribution in [1.82, 2.24) is 9.97 Å². The Labute approximate surface area is 311 Å². The molecule has 0 aliphatic heterocycles. The van der Waals surface area contributed by atoms with E-state index in [1.165, 1.54) is 31.2 Å². The van der Waals surface area contributed by atoms with Crippen molar-refractivity contribution >= 4 is 75.3 Å². The Kier molecular flexibility index (Phi) is 13.8. The van der Waals surface area contributed by atoms with Gasteiger partial charge in [0.2, 0.25) is 15.0 Å². The van der Waals surface area contributed by atoms with Crippen molar-refractivity contribution in [3.63, 3.8) is 0 Å². The molecule has 0 saturated carbocycles.